The van der Waals surface area contributed by atoms with Crippen LogP contribution >= 0.6 is 0 Å². The second-order valence-corrected chi connectivity index (χ2v) is 10.0. The third kappa shape index (κ3) is 5.32. The van der Waals surface area contributed by atoms with E-state index < -0.39 is 0 Å². The number of hydrogen-bond acceptors (Lipinski definition) is 6. The molecule has 0 bridgehead atoms. The molecule has 5 heterocycles. The molecule has 1 N–H and O–H groups in total. The van der Waals surface area contributed by atoms with Crippen molar-refractivity contribution in [2.45, 2.75) is 57.4 Å². The molecule has 0 spiro atoms. The van der Waals surface area contributed by atoms with Crippen molar-refractivity contribution in [2.24, 2.45) is 13.0 Å². The number of aromatic nitrogens is 3. The van der Waals surface area contributed by atoms with Crippen LogP contribution in [0.2, 0.25) is 0 Å². The number of amides is 1. The number of hydrogen-bond donors (Lipinski definition) is 1. The molecule has 8 nitrogen and oxygen atoms in total. The summed E-state index contributed by atoms with van der Waals surface area (Å²) in [5, 5.41) is 8.64. The summed E-state index contributed by atoms with van der Waals surface area (Å²) in [5.74, 6) is 1.68. The normalized spacial score (nSPS) is 21.9. The molecular weight excluding hydrogens is 416 g/mol. The Morgan fingerprint density at radius 1 is 1.03 bits per heavy atom. The second kappa shape index (κ2) is 10.4. The first-order valence-electron chi connectivity index (χ1n) is 12.9. The van der Waals surface area contributed by atoms with Gasteiger partial charge >= 0.3 is 0 Å². The van der Waals surface area contributed by atoms with E-state index in [2.05, 4.69) is 26.3 Å². The van der Waals surface area contributed by atoms with Crippen LogP contribution in [0, 0.1) is 5.92 Å². The largest absolute Gasteiger partial charge is 0.381 e. The van der Waals surface area contributed by atoms with Gasteiger partial charge in [-0.1, -0.05) is 12.8 Å². The number of nitrogens with zero attached hydrogens (tertiary/aromatic N) is 5. The molecule has 2 aromatic rings. The molecule has 0 aliphatic carbocycles. The fourth-order valence-electron chi connectivity index (χ4n) is 5.57. The van der Waals surface area contributed by atoms with Gasteiger partial charge in [-0.15, -0.1) is 0 Å². The van der Waals surface area contributed by atoms with Crippen molar-refractivity contribution in [3.8, 4) is 0 Å². The van der Waals surface area contributed by atoms with E-state index in [-0.39, 0.29) is 11.9 Å². The zero-order valence-electron chi connectivity index (χ0n) is 20.0. The number of pyridine rings is 1. The highest BCUT2D eigenvalue weighted by Crippen LogP contribution is 2.24. The van der Waals surface area contributed by atoms with E-state index in [0.29, 0.717) is 5.69 Å². The van der Waals surface area contributed by atoms with Gasteiger partial charge in [-0.25, -0.2) is 9.67 Å². The fraction of sp³-hybridized carbons (Fsp3) is 0.720. The molecule has 8 heteroatoms. The van der Waals surface area contributed by atoms with Gasteiger partial charge in [0.05, 0.1) is 5.39 Å². The summed E-state index contributed by atoms with van der Waals surface area (Å²) in [6.07, 6.45) is 9.37. The Kier molecular flexibility index (Phi) is 7.11. The molecule has 3 saturated heterocycles. The minimum atomic E-state index is -0.0761. The number of carbonyl (C=O) groups excluding carboxylic acids is 1. The second-order valence-electron chi connectivity index (χ2n) is 10.0. The third-order valence-corrected chi connectivity index (χ3v) is 7.60. The molecule has 0 aromatic carbocycles. The number of aryl methyl sites for hydroxylation is 1. The van der Waals surface area contributed by atoms with E-state index in [9.17, 15) is 4.79 Å². The van der Waals surface area contributed by atoms with Crippen molar-refractivity contribution in [1.82, 2.24) is 25.0 Å². The van der Waals surface area contributed by atoms with Crippen molar-refractivity contribution >= 4 is 22.8 Å². The highest BCUT2D eigenvalue weighted by Gasteiger charge is 2.26. The Balaban J connectivity index is 1.20. The lowest BCUT2D eigenvalue weighted by Gasteiger charge is -2.35. The van der Waals surface area contributed by atoms with Crippen LogP contribution in [0.4, 0.5) is 5.82 Å². The maximum atomic E-state index is 13.1. The van der Waals surface area contributed by atoms with Crippen molar-refractivity contribution in [2.75, 3.05) is 50.8 Å². The Bertz CT molecular complexity index is 938. The van der Waals surface area contributed by atoms with E-state index in [1.54, 1.807) is 4.68 Å². The van der Waals surface area contributed by atoms with E-state index in [0.717, 1.165) is 75.0 Å². The molecule has 0 saturated carbocycles. The molecule has 3 aliphatic heterocycles. The molecule has 1 amide bonds. The first-order chi connectivity index (χ1) is 16.2. The predicted molar refractivity (Wildman–Crippen MR) is 130 cm³/mol. The van der Waals surface area contributed by atoms with Crippen LogP contribution in [0.5, 0.6) is 0 Å². The molecule has 0 radical (unpaired) electrons. The molecule has 180 valence electrons. The van der Waals surface area contributed by atoms with E-state index in [4.69, 9.17) is 9.72 Å². The summed E-state index contributed by atoms with van der Waals surface area (Å²) in [6.45, 7) is 7.18. The lowest BCUT2D eigenvalue weighted by atomic mass is 9.97. The third-order valence-electron chi connectivity index (χ3n) is 7.60. The van der Waals surface area contributed by atoms with Crippen molar-refractivity contribution < 1.29 is 9.53 Å². The van der Waals surface area contributed by atoms with Gasteiger partial charge in [-0.3, -0.25) is 4.79 Å². The summed E-state index contributed by atoms with van der Waals surface area (Å²) in [5.41, 5.74) is 1.28. The number of fused-ring (bicyclic) bond motifs is 1. The topological polar surface area (TPSA) is 75.5 Å². The number of rotatable bonds is 5. The van der Waals surface area contributed by atoms with Crippen LogP contribution in [-0.4, -0.2) is 77.6 Å². The van der Waals surface area contributed by atoms with E-state index in [1.807, 2.05) is 13.1 Å². The SMILES string of the molecule is Cn1nc(C(=O)NC2CCN(CC3CCOCC3)CC2)c2ccc(N3CCCCCC3)nc21. The van der Waals surface area contributed by atoms with Crippen molar-refractivity contribution in [3.05, 3.63) is 17.8 Å². The van der Waals surface area contributed by atoms with Crippen LogP contribution in [0.15, 0.2) is 12.1 Å². The van der Waals surface area contributed by atoms with Gasteiger partial charge in [0.25, 0.3) is 5.91 Å². The number of piperidine rings is 1. The summed E-state index contributed by atoms with van der Waals surface area (Å²) in [6, 6.07) is 4.30. The van der Waals surface area contributed by atoms with Gasteiger partial charge in [0, 0.05) is 59.0 Å². The average Bonchev–Trinajstić information content (AvgIpc) is 3.00. The number of nitrogens with one attached hydrogen (secondary N) is 1. The first kappa shape index (κ1) is 22.6. The molecule has 33 heavy (non-hydrogen) atoms. The monoisotopic (exact) mass is 454 g/mol. The summed E-state index contributed by atoms with van der Waals surface area (Å²) in [7, 11) is 1.88. The van der Waals surface area contributed by atoms with Crippen LogP contribution < -0.4 is 10.2 Å². The summed E-state index contributed by atoms with van der Waals surface area (Å²) >= 11 is 0. The molecule has 3 aliphatic rings. The summed E-state index contributed by atoms with van der Waals surface area (Å²) in [4.78, 5) is 22.9. The van der Waals surface area contributed by atoms with Crippen LogP contribution in [0.3, 0.4) is 0 Å². The zero-order chi connectivity index (χ0) is 22.6. The fourth-order valence-corrected chi connectivity index (χ4v) is 5.57. The number of likely N-dealkylation sites (tertiary alicyclic amines) is 1. The lowest BCUT2D eigenvalue weighted by molar-refractivity contribution is 0.0477. The summed E-state index contributed by atoms with van der Waals surface area (Å²) < 4.78 is 7.24. The van der Waals surface area contributed by atoms with Crippen molar-refractivity contribution in [3.63, 3.8) is 0 Å². The van der Waals surface area contributed by atoms with Gasteiger partial charge in [-0.05, 0) is 56.6 Å². The van der Waals surface area contributed by atoms with Gasteiger partial charge in [0.15, 0.2) is 11.3 Å². The Hall–Kier alpha value is -2.19. The van der Waals surface area contributed by atoms with Gasteiger partial charge in [-0.2, -0.15) is 5.10 Å². The maximum Gasteiger partial charge on any atom is 0.272 e. The quantitative estimate of drug-likeness (QED) is 0.749. The smallest absolute Gasteiger partial charge is 0.272 e. The predicted octanol–water partition coefficient (Wildman–Crippen LogP) is 2.97. The number of anilines is 1. The van der Waals surface area contributed by atoms with E-state index >= 15 is 0 Å². The first-order valence-corrected chi connectivity index (χ1v) is 12.9. The molecule has 2 aromatic heterocycles. The molecule has 0 atom stereocenters. The number of carbonyl (C=O) groups is 1. The highest BCUT2D eigenvalue weighted by atomic mass is 16.5. The van der Waals surface area contributed by atoms with E-state index in [1.165, 1.54) is 45.1 Å². The Morgan fingerprint density at radius 3 is 2.48 bits per heavy atom. The lowest BCUT2D eigenvalue weighted by Crippen LogP contribution is -2.46. The molecule has 5 rings (SSSR count). The molecule has 3 fully saturated rings. The zero-order valence-corrected chi connectivity index (χ0v) is 20.0. The highest BCUT2D eigenvalue weighted by molar-refractivity contribution is 6.04. The molecule has 0 unspecified atom stereocenters. The Morgan fingerprint density at radius 2 is 1.76 bits per heavy atom. The average molecular weight is 455 g/mol. The Labute approximate surface area is 196 Å². The maximum absolute atomic E-state index is 13.1. The molecular formula is C25H38N6O2. The van der Waals surface area contributed by atoms with Crippen LogP contribution in [0.1, 0.15) is 61.9 Å². The standard InChI is InChI=1S/C25H38N6O2/c1-29-24-21(6-7-22(27-24)31-12-4-2-3-5-13-31)23(28-29)25(32)26-20-8-14-30(15-9-20)18-19-10-16-33-17-11-19/h6-7,19-20H,2-5,8-18H2,1H3,(H,26,32). The van der Waals surface area contributed by atoms with Crippen LogP contribution in [-0.2, 0) is 11.8 Å². The van der Waals surface area contributed by atoms with Gasteiger partial charge < -0.3 is 19.9 Å². The number of ether oxygens (including phenoxy) is 1. The van der Waals surface area contributed by atoms with Gasteiger partial charge in [0.2, 0.25) is 0 Å². The van der Waals surface area contributed by atoms with Crippen molar-refractivity contribution in [1.29, 1.82) is 0 Å². The van der Waals surface area contributed by atoms with Gasteiger partial charge in [0.1, 0.15) is 5.82 Å². The van der Waals surface area contributed by atoms with Crippen LogP contribution in [0.25, 0.3) is 11.0 Å². The minimum absolute atomic E-state index is 0.0761. The minimum Gasteiger partial charge on any atom is -0.381 e.